The quantitative estimate of drug-likeness (QED) is 0.771. The highest BCUT2D eigenvalue weighted by molar-refractivity contribution is 7.14. The highest BCUT2D eigenvalue weighted by Crippen LogP contribution is 2.29. The summed E-state index contributed by atoms with van der Waals surface area (Å²) in [5.74, 6) is -0.0684. The molecule has 2 rings (SSSR count). The van der Waals surface area contributed by atoms with E-state index < -0.39 is 0 Å². The van der Waals surface area contributed by atoms with Gasteiger partial charge < -0.3 is 5.32 Å². The first kappa shape index (κ1) is 20.1. The van der Waals surface area contributed by atoms with Crippen LogP contribution in [0.15, 0.2) is 29.6 Å². The summed E-state index contributed by atoms with van der Waals surface area (Å²) in [5.41, 5.74) is 2.76. The number of nitrogens with one attached hydrogen (secondary N) is 1. The molecular formula is C19H26N4O2S. The van der Waals surface area contributed by atoms with Crippen LogP contribution in [0.5, 0.6) is 0 Å². The highest BCUT2D eigenvalue weighted by Gasteiger charge is 2.19. The third kappa shape index (κ3) is 5.37. The molecule has 0 saturated heterocycles. The van der Waals surface area contributed by atoms with E-state index >= 15 is 0 Å². The summed E-state index contributed by atoms with van der Waals surface area (Å²) in [7, 11) is 0. The van der Waals surface area contributed by atoms with Gasteiger partial charge in [-0.25, -0.2) is 4.98 Å². The van der Waals surface area contributed by atoms with Gasteiger partial charge in [0.25, 0.3) is 0 Å². The number of rotatable bonds is 8. The van der Waals surface area contributed by atoms with Gasteiger partial charge in [-0.05, 0) is 38.1 Å². The van der Waals surface area contributed by atoms with E-state index in [0.717, 1.165) is 23.5 Å². The molecule has 0 atom stereocenters. The van der Waals surface area contributed by atoms with Crippen LogP contribution in [0.1, 0.15) is 32.0 Å². The van der Waals surface area contributed by atoms with Crippen LogP contribution in [-0.2, 0) is 16.1 Å². The minimum Gasteiger partial charge on any atom is -0.355 e. The molecule has 1 aromatic heterocycles. The highest BCUT2D eigenvalue weighted by atomic mass is 32.1. The molecule has 0 bridgehead atoms. The fraction of sp³-hybridized carbons (Fsp3) is 0.421. The molecule has 0 aliphatic carbocycles. The minimum absolute atomic E-state index is 0.00919. The molecule has 2 amide bonds. The number of amides is 2. The summed E-state index contributed by atoms with van der Waals surface area (Å²) in [5, 5.41) is 5.40. The van der Waals surface area contributed by atoms with Crippen molar-refractivity contribution in [2.45, 2.75) is 34.2 Å². The lowest BCUT2D eigenvalue weighted by Gasteiger charge is -2.19. The van der Waals surface area contributed by atoms with E-state index in [-0.39, 0.29) is 11.8 Å². The average molecular weight is 375 g/mol. The van der Waals surface area contributed by atoms with Crippen molar-refractivity contribution in [2.75, 3.05) is 24.5 Å². The second-order valence-corrected chi connectivity index (χ2v) is 6.91. The number of hydrogen-bond acceptors (Lipinski definition) is 5. The number of carbonyl (C=O) groups is 2. The summed E-state index contributed by atoms with van der Waals surface area (Å²) in [6.07, 6.45) is 0. The van der Waals surface area contributed by atoms with Crippen molar-refractivity contribution in [3.63, 3.8) is 0 Å². The first-order valence-corrected chi connectivity index (χ1v) is 9.63. The SMILES string of the molecule is CCNC(=O)CN(CC)Cc1csc(N(C(C)=O)c2cccc(C)c2)n1. The van der Waals surface area contributed by atoms with Crippen molar-refractivity contribution in [3.8, 4) is 0 Å². The van der Waals surface area contributed by atoms with Gasteiger partial charge in [-0.15, -0.1) is 11.3 Å². The van der Waals surface area contributed by atoms with Gasteiger partial charge in [0.2, 0.25) is 11.8 Å². The zero-order valence-corrected chi connectivity index (χ0v) is 16.6. The monoisotopic (exact) mass is 374 g/mol. The van der Waals surface area contributed by atoms with Gasteiger partial charge >= 0.3 is 0 Å². The van der Waals surface area contributed by atoms with Crippen LogP contribution in [0, 0.1) is 6.92 Å². The van der Waals surface area contributed by atoms with E-state index in [1.807, 2.05) is 55.3 Å². The van der Waals surface area contributed by atoms with Crippen molar-refractivity contribution in [1.82, 2.24) is 15.2 Å². The Labute approximate surface area is 158 Å². The Morgan fingerprint density at radius 3 is 2.65 bits per heavy atom. The van der Waals surface area contributed by atoms with Crippen LogP contribution in [0.2, 0.25) is 0 Å². The molecule has 0 aliphatic rings. The fourth-order valence-corrected chi connectivity index (χ4v) is 3.51. The molecule has 140 valence electrons. The Kier molecular flexibility index (Phi) is 7.29. The molecule has 26 heavy (non-hydrogen) atoms. The molecule has 0 fully saturated rings. The molecule has 6 nitrogen and oxygen atoms in total. The largest absolute Gasteiger partial charge is 0.355 e. The van der Waals surface area contributed by atoms with Crippen LogP contribution in [0.4, 0.5) is 10.8 Å². The molecule has 1 heterocycles. The number of aryl methyl sites for hydroxylation is 1. The molecule has 2 aromatic rings. The van der Waals surface area contributed by atoms with Gasteiger partial charge in [-0.3, -0.25) is 19.4 Å². The summed E-state index contributed by atoms with van der Waals surface area (Å²) in [4.78, 5) is 32.3. The van der Waals surface area contributed by atoms with E-state index in [1.54, 1.807) is 4.90 Å². The molecule has 7 heteroatoms. The Hall–Kier alpha value is -2.25. The van der Waals surface area contributed by atoms with Crippen LogP contribution in [0.25, 0.3) is 0 Å². The molecule has 1 aromatic carbocycles. The topological polar surface area (TPSA) is 65.5 Å². The Morgan fingerprint density at radius 1 is 1.27 bits per heavy atom. The number of anilines is 2. The van der Waals surface area contributed by atoms with E-state index in [1.165, 1.54) is 18.3 Å². The van der Waals surface area contributed by atoms with Crippen molar-refractivity contribution in [1.29, 1.82) is 0 Å². The summed E-state index contributed by atoms with van der Waals surface area (Å²) >= 11 is 1.44. The minimum atomic E-state index is -0.0776. The molecule has 0 spiro atoms. The zero-order valence-electron chi connectivity index (χ0n) is 15.8. The Morgan fingerprint density at radius 2 is 2.04 bits per heavy atom. The van der Waals surface area contributed by atoms with Gasteiger partial charge in [-0.1, -0.05) is 19.1 Å². The molecule has 0 unspecified atom stereocenters. The normalized spacial score (nSPS) is 10.8. The van der Waals surface area contributed by atoms with E-state index in [0.29, 0.717) is 24.8 Å². The van der Waals surface area contributed by atoms with E-state index in [4.69, 9.17) is 0 Å². The average Bonchev–Trinajstić information content (AvgIpc) is 3.02. The second-order valence-electron chi connectivity index (χ2n) is 6.07. The molecular weight excluding hydrogens is 348 g/mol. The molecule has 0 saturated carbocycles. The maximum absolute atomic E-state index is 12.2. The van der Waals surface area contributed by atoms with Crippen LogP contribution >= 0.6 is 11.3 Å². The first-order valence-electron chi connectivity index (χ1n) is 8.75. The van der Waals surface area contributed by atoms with Crippen LogP contribution < -0.4 is 10.2 Å². The predicted molar refractivity (Wildman–Crippen MR) is 106 cm³/mol. The Balaban J connectivity index is 2.15. The standard InChI is InChI=1S/C19H26N4O2S/c1-5-20-18(25)12-22(6-2)11-16-13-26-19(21-16)23(15(4)24)17-9-7-8-14(3)10-17/h7-10,13H,5-6,11-12H2,1-4H3,(H,20,25). The van der Waals surface area contributed by atoms with Crippen molar-refractivity contribution in [3.05, 3.63) is 40.9 Å². The molecule has 1 N–H and O–H groups in total. The number of hydrogen-bond donors (Lipinski definition) is 1. The fourth-order valence-electron chi connectivity index (χ4n) is 2.63. The van der Waals surface area contributed by atoms with E-state index in [2.05, 4.69) is 10.3 Å². The maximum Gasteiger partial charge on any atom is 0.234 e. The summed E-state index contributed by atoms with van der Waals surface area (Å²) in [6, 6.07) is 7.80. The lowest BCUT2D eigenvalue weighted by atomic mass is 10.2. The number of nitrogens with zero attached hydrogens (tertiary/aromatic N) is 3. The third-order valence-corrected chi connectivity index (χ3v) is 4.75. The maximum atomic E-state index is 12.2. The number of carbonyl (C=O) groups excluding carboxylic acids is 2. The number of benzene rings is 1. The second kappa shape index (κ2) is 9.45. The number of aromatic nitrogens is 1. The number of likely N-dealkylation sites (N-methyl/N-ethyl adjacent to an activating group) is 2. The van der Waals surface area contributed by atoms with E-state index in [9.17, 15) is 9.59 Å². The molecule has 0 aliphatic heterocycles. The number of thiazole rings is 1. The smallest absolute Gasteiger partial charge is 0.234 e. The lowest BCUT2D eigenvalue weighted by molar-refractivity contribution is -0.122. The zero-order chi connectivity index (χ0) is 19.1. The van der Waals surface area contributed by atoms with Crippen LogP contribution in [-0.4, -0.2) is 41.3 Å². The van der Waals surface area contributed by atoms with Gasteiger partial charge in [0.15, 0.2) is 5.13 Å². The summed E-state index contributed by atoms with van der Waals surface area (Å²) in [6.45, 7) is 9.74. The Bertz CT molecular complexity index is 760. The van der Waals surface area contributed by atoms with Crippen LogP contribution in [0.3, 0.4) is 0 Å². The van der Waals surface area contributed by atoms with Crippen molar-refractivity contribution in [2.24, 2.45) is 0 Å². The van der Waals surface area contributed by atoms with Gasteiger partial charge in [0, 0.05) is 25.4 Å². The van der Waals surface area contributed by atoms with Gasteiger partial charge in [0.1, 0.15) is 0 Å². The van der Waals surface area contributed by atoms with Gasteiger partial charge in [-0.2, -0.15) is 0 Å². The van der Waals surface area contributed by atoms with Crippen molar-refractivity contribution >= 4 is 34.0 Å². The molecule has 0 radical (unpaired) electrons. The summed E-state index contributed by atoms with van der Waals surface area (Å²) < 4.78 is 0. The van der Waals surface area contributed by atoms with Crippen molar-refractivity contribution < 1.29 is 9.59 Å². The van der Waals surface area contributed by atoms with Gasteiger partial charge in [0.05, 0.1) is 17.9 Å². The first-order chi connectivity index (χ1) is 12.4. The lowest BCUT2D eigenvalue weighted by Crippen LogP contribution is -2.36. The third-order valence-electron chi connectivity index (χ3n) is 3.88. The predicted octanol–water partition coefficient (Wildman–Crippen LogP) is 3.09.